The van der Waals surface area contributed by atoms with Crippen molar-refractivity contribution in [2.24, 2.45) is 5.73 Å². The highest BCUT2D eigenvalue weighted by atomic mass is 16.5. The summed E-state index contributed by atoms with van der Waals surface area (Å²) in [7, 11) is 0. The second kappa shape index (κ2) is 5.55. The van der Waals surface area contributed by atoms with Crippen molar-refractivity contribution in [1.82, 2.24) is 0 Å². The first-order chi connectivity index (χ1) is 5.66. The third-order valence-electron chi connectivity index (χ3n) is 2.74. The maximum Gasteiger partial charge on any atom is 0.0827 e. The molecule has 0 aromatic rings. The molecule has 0 radical (unpaired) electrons. The highest BCUT2D eigenvalue weighted by Gasteiger charge is 2.32. The number of nitrogens with two attached hydrogens (primary N) is 1. The minimum Gasteiger partial charge on any atom is -0.374 e. The quantitative estimate of drug-likeness (QED) is 0.669. The molecular formula is C10H23NO. The molecule has 74 valence electrons. The fraction of sp³-hybridized carbons (Fsp3) is 1.00. The average molecular weight is 173 g/mol. The van der Waals surface area contributed by atoms with Crippen LogP contribution in [0.15, 0.2) is 0 Å². The molecule has 0 aliphatic rings. The van der Waals surface area contributed by atoms with Gasteiger partial charge in [-0.15, -0.1) is 0 Å². The summed E-state index contributed by atoms with van der Waals surface area (Å²) in [5, 5.41) is 0. The molecule has 0 amide bonds. The molecule has 0 rings (SSSR count). The molecule has 0 bridgehead atoms. The zero-order valence-corrected chi connectivity index (χ0v) is 8.89. The smallest absolute Gasteiger partial charge is 0.0827 e. The van der Waals surface area contributed by atoms with Crippen LogP contribution in [0.3, 0.4) is 0 Å². The van der Waals surface area contributed by atoms with E-state index in [2.05, 4.69) is 20.8 Å². The summed E-state index contributed by atoms with van der Waals surface area (Å²) in [4.78, 5) is 0. The van der Waals surface area contributed by atoms with Crippen molar-refractivity contribution in [3.63, 3.8) is 0 Å². The molecule has 0 saturated heterocycles. The van der Waals surface area contributed by atoms with Crippen LogP contribution < -0.4 is 5.73 Å². The lowest BCUT2D eigenvalue weighted by Gasteiger charge is -2.36. The van der Waals surface area contributed by atoms with Gasteiger partial charge in [0.2, 0.25) is 0 Å². The fourth-order valence-electron chi connectivity index (χ4n) is 1.75. The average Bonchev–Trinajstić information content (AvgIpc) is 2.13. The Hall–Kier alpha value is -0.0800. The van der Waals surface area contributed by atoms with Gasteiger partial charge in [-0.3, -0.25) is 0 Å². The lowest BCUT2D eigenvalue weighted by Crippen LogP contribution is -2.49. The monoisotopic (exact) mass is 173 g/mol. The van der Waals surface area contributed by atoms with Gasteiger partial charge < -0.3 is 10.5 Å². The standard InChI is InChI=1S/C10H23NO/c1-5-9(11)10(6-2,7-3)12-8-4/h9H,5-8,11H2,1-4H3/t9-/m0/s1. The van der Waals surface area contributed by atoms with Gasteiger partial charge in [-0.1, -0.05) is 20.8 Å². The predicted molar refractivity (Wildman–Crippen MR) is 53.2 cm³/mol. The van der Waals surface area contributed by atoms with E-state index in [1.54, 1.807) is 0 Å². The molecule has 2 heteroatoms. The van der Waals surface area contributed by atoms with Gasteiger partial charge in [-0.25, -0.2) is 0 Å². The van der Waals surface area contributed by atoms with Crippen LogP contribution in [-0.2, 0) is 4.74 Å². The van der Waals surface area contributed by atoms with E-state index in [4.69, 9.17) is 10.5 Å². The maximum atomic E-state index is 6.03. The van der Waals surface area contributed by atoms with Gasteiger partial charge in [0, 0.05) is 12.6 Å². The molecule has 0 spiro atoms. The largest absolute Gasteiger partial charge is 0.374 e. The van der Waals surface area contributed by atoms with Crippen LogP contribution in [0.5, 0.6) is 0 Å². The van der Waals surface area contributed by atoms with E-state index >= 15 is 0 Å². The van der Waals surface area contributed by atoms with Gasteiger partial charge in [0.05, 0.1) is 5.60 Å². The molecular weight excluding hydrogens is 150 g/mol. The molecule has 0 aliphatic carbocycles. The van der Waals surface area contributed by atoms with Crippen LogP contribution in [0.4, 0.5) is 0 Å². The van der Waals surface area contributed by atoms with E-state index in [1.807, 2.05) is 6.92 Å². The molecule has 2 nitrogen and oxygen atoms in total. The molecule has 0 heterocycles. The number of rotatable bonds is 6. The normalized spacial score (nSPS) is 14.8. The van der Waals surface area contributed by atoms with Crippen molar-refractivity contribution in [2.75, 3.05) is 6.61 Å². The Morgan fingerprint density at radius 1 is 1.17 bits per heavy atom. The summed E-state index contributed by atoms with van der Waals surface area (Å²) in [6, 6.07) is 0.174. The summed E-state index contributed by atoms with van der Waals surface area (Å²) in [5.74, 6) is 0. The third-order valence-corrected chi connectivity index (χ3v) is 2.74. The van der Waals surface area contributed by atoms with E-state index in [0.717, 1.165) is 25.9 Å². The Kier molecular flexibility index (Phi) is 5.51. The highest BCUT2D eigenvalue weighted by molar-refractivity contribution is 4.88. The Bertz CT molecular complexity index is 110. The first-order valence-electron chi connectivity index (χ1n) is 5.06. The summed E-state index contributed by atoms with van der Waals surface area (Å²) < 4.78 is 5.76. The van der Waals surface area contributed by atoms with Crippen LogP contribution in [0.1, 0.15) is 47.0 Å². The number of hydrogen-bond donors (Lipinski definition) is 1. The minimum absolute atomic E-state index is 0.0799. The second-order valence-corrected chi connectivity index (χ2v) is 3.22. The predicted octanol–water partition coefficient (Wildman–Crippen LogP) is 2.32. The van der Waals surface area contributed by atoms with Crippen molar-refractivity contribution >= 4 is 0 Å². The van der Waals surface area contributed by atoms with Crippen molar-refractivity contribution < 1.29 is 4.74 Å². The lowest BCUT2D eigenvalue weighted by molar-refractivity contribution is -0.0641. The fourth-order valence-corrected chi connectivity index (χ4v) is 1.75. The molecule has 0 unspecified atom stereocenters. The van der Waals surface area contributed by atoms with E-state index < -0.39 is 0 Å². The van der Waals surface area contributed by atoms with Crippen molar-refractivity contribution in [2.45, 2.75) is 58.6 Å². The summed E-state index contributed by atoms with van der Waals surface area (Å²) >= 11 is 0. The van der Waals surface area contributed by atoms with E-state index in [0.29, 0.717) is 0 Å². The molecule has 0 aliphatic heterocycles. The van der Waals surface area contributed by atoms with Gasteiger partial charge in [0.15, 0.2) is 0 Å². The second-order valence-electron chi connectivity index (χ2n) is 3.22. The van der Waals surface area contributed by atoms with Crippen LogP contribution >= 0.6 is 0 Å². The van der Waals surface area contributed by atoms with E-state index in [9.17, 15) is 0 Å². The topological polar surface area (TPSA) is 35.2 Å². The molecule has 2 N–H and O–H groups in total. The highest BCUT2D eigenvalue weighted by Crippen LogP contribution is 2.25. The van der Waals surface area contributed by atoms with Gasteiger partial charge in [0.1, 0.15) is 0 Å². The summed E-state index contributed by atoms with van der Waals surface area (Å²) in [6.45, 7) is 9.20. The van der Waals surface area contributed by atoms with Crippen LogP contribution in [-0.4, -0.2) is 18.2 Å². The number of ether oxygens (including phenoxy) is 1. The third kappa shape index (κ3) is 2.46. The zero-order chi connectivity index (χ0) is 9.61. The molecule has 0 aromatic carbocycles. The Balaban J connectivity index is 4.33. The Morgan fingerprint density at radius 3 is 1.92 bits per heavy atom. The molecule has 1 atom stereocenters. The lowest BCUT2D eigenvalue weighted by atomic mass is 9.87. The Labute approximate surface area is 76.5 Å². The van der Waals surface area contributed by atoms with E-state index in [-0.39, 0.29) is 11.6 Å². The molecule has 0 fully saturated rings. The van der Waals surface area contributed by atoms with Crippen LogP contribution in [0.2, 0.25) is 0 Å². The summed E-state index contributed by atoms with van der Waals surface area (Å²) in [6.07, 6.45) is 3.00. The van der Waals surface area contributed by atoms with Gasteiger partial charge in [0.25, 0.3) is 0 Å². The Morgan fingerprint density at radius 2 is 1.67 bits per heavy atom. The van der Waals surface area contributed by atoms with Crippen LogP contribution in [0.25, 0.3) is 0 Å². The van der Waals surface area contributed by atoms with E-state index in [1.165, 1.54) is 0 Å². The number of hydrogen-bond acceptors (Lipinski definition) is 2. The van der Waals surface area contributed by atoms with Gasteiger partial charge >= 0.3 is 0 Å². The van der Waals surface area contributed by atoms with Gasteiger partial charge in [-0.2, -0.15) is 0 Å². The molecule has 12 heavy (non-hydrogen) atoms. The molecule has 0 aromatic heterocycles. The van der Waals surface area contributed by atoms with Crippen LogP contribution in [0, 0.1) is 0 Å². The summed E-state index contributed by atoms with van der Waals surface area (Å²) in [5.41, 5.74) is 5.95. The van der Waals surface area contributed by atoms with Crippen molar-refractivity contribution in [3.8, 4) is 0 Å². The first-order valence-corrected chi connectivity index (χ1v) is 5.06. The zero-order valence-electron chi connectivity index (χ0n) is 8.89. The van der Waals surface area contributed by atoms with Crippen molar-refractivity contribution in [1.29, 1.82) is 0 Å². The van der Waals surface area contributed by atoms with Gasteiger partial charge in [-0.05, 0) is 26.2 Å². The first kappa shape index (κ1) is 11.9. The van der Waals surface area contributed by atoms with Crippen molar-refractivity contribution in [3.05, 3.63) is 0 Å². The SMILES string of the molecule is CCOC(CC)(CC)[C@@H](N)CC. The molecule has 0 saturated carbocycles. The maximum absolute atomic E-state index is 6.03. The minimum atomic E-state index is -0.0799.